The van der Waals surface area contributed by atoms with Crippen molar-refractivity contribution in [1.82, 2.24) is 0 Å². The molecule has 1 heterocycles. The van der Waals surface area contributed by atoms with Crippen LogP contribution in [0.15, 0.2) is 30.0 Å². The minimum Gasteiger partial charge on any atom is -0.484 e. The smallest absolute Gasteiger partial charge is 0.387 e. The Hall–Kier alpha value is -2.15. The molecule has 0 saturated carbocycles. The maximum Gasteiger partial charge on any atom is 0.387 e. The largest absolute Gasteiger partial charge is 0.484 e. The highest BCUT2D eigenvalue weighted by molar-refractivity contribution is 5.93. The van der Waals surface area contributed by atoms with Crippen molar-refractivity contribution >= 4 is 11.5 Å². The van der Waals surface area contributed by atoms with Gasteiger partial charge in [-0.15, -0.1) is 0 Å². The lowest BCUT2D eigenvalue weighted by Gasteiger charge is -2.23. The number of hydrogen-bond donors (Lipinski definition) is 0. The van der Waals surface area contributed by atoms with Crippen LogP contribution in [0.4, 0.5) is 14.5 Å². The van der Waals surface area contributed by atoms with Crippen LogP contribution in [0.25, 0.3) is 0 Å². The Morgan fingerprint density at radius 2 is 2.12 bits per heavy atom. The summed E-state index contributed by atoms with van der Waals surface area (Å²) in [5.41, 5.74) is 1.63. The topological polar surface area (TPSA) is 48.0 Å². The molecule has 130 valence electrons. The number of halogens is 2. The molecule has 0 spiro atoms. The summed E-state index contributed by atoms with van der Waals surface area (Å²) >= 11 is 0. The molecule has 1 saturated heterocycles. The van der Waals surface area contributed by atoms with Crippen molar-refractivity contribution in [3.63, 3.8) is 0 Å². The van der Waals surface area contributed by atoms with Crippen molar-refractivity contribution < 1.29 is 27.8 Å². The molecule has 7 heteroatoms. The van der Waals surface area contributed by atoms with Gasteiger partial charge in [0, 0.05) is 43.4 Å². The molecule has 0 unspecified atom stereocenters. The van der Waals surface area contributed by atoms with E-state index in [1.54, 1.807) is 18.2 Å². The maximum absolute atomic E-state index is 12.6. The van der Waals surface area contributed by atoms with Crippen molar-refractivity contribution in [2.24, 2.45) is 0 Å². The summed E-state index contributed by atoms with van der Waals surface area (Å²) in [5, 5.41) is 0. The monoisotopic (exact) mass is 339 g/mol. The minimum atomic E-state index is -2.93. The van der Waals surface area contributed by atoms with Gasteiger partial charge in [0.1, 0.15) is 6.10 Å². The van der Waals surface area contributed by atoms with E-state index in [0.29, 0.717) is 32.5 Å². The molecule has 2 aliphatic rings. The van der Waals surface area contributed by atoms with Crippen LogP contribution >= 0.6 is 0 Å². The zero-order valence-electron chi connectivity index (χ0n) is 13.3. The normalized spacial score (nSPS) is 20.4. The summed E-state index contributed by atoms with van der Waals surface area (Å²) in [6.45, 7) is -1.91. The number of allylic oxidation sites excluding steroid dienone is 2. The number of anilines is 1. The number of carbonyl (C=O) groups is 1. The number of ether oxygens (including phenoxy) is 3. The van der Waals surface area contributed by atoms with Gasteiger partial charge < -0.3 is 19.1 Å². The van der Waals surface area contributed by atoms with Crippen molar-refractivity contribution in [1.29, 1.82) is 0 Å². The standard InChI is InChI=1S/C17H19F2NO4/c1-20(11-2-4-13(21)8-11)12-3-5-15(24-17(18)19)16(9-12)23-14-6-7-22-10-14/h3,5,8-9,14,17H,2,4,6-7,10H2,1H3/t14-/m1/s1. The number of ketones is 1. The summed E-state index contributed by atoms with van der Waals surface area (Å²) in [6, 6.07) is 4.78. The molecule has 1 aliphatic heterocycles. The van der Waals surface area contributed by atoms with Gasteiger partial charge >= 0.3 is 6.61 Å². The molecule has 5 nitrogen and oxygen atoms in total. The van der Waals surface area contributed by atoms with E-state index in [1.807, 2.05) is 11.9 Å². The van der Waals surface area contributed by atoms with Crippen LogP contribution in [0.1, 0.15) is 19.3 Å². The van der Waals surface area contributed by atoms with E-state index in [-0.39, 0.29) is 23.4 Å². The predicted molar refractivity (Wildman–Crippen MR) is 83.7 cm³/mol. The predicted octanol–water partition coefficient (Wildman–Crippen LogP) is 3.14. The molecule has 1 fully saturated rings. The van der Waals surface area contributed by atoms with Gasteiger partial charge in [-0.3, -0.25) is 4.79 Å². The van der Waals surface area contributed by atoms with E-state index in [2.05, 4.69) is 4.74 Å². The van der Waals surface area contributed by atoms with Gasteiger partial charge in [-0.2, -0.15) is 8.78 Å². The third-order valence-electron chi connectivity index (χ3n) is 4.10. The zero-order valence-corrected chi connectivity index (χ0v) is 13.3. The molecule has 1 aromatic rings. The van der Waals surface area contributed by atoms with E-state index < -0.39 is 6.61 Å². The summed E-state index contributed by atoms with van der Waals surface area (Å²) in [6.07, 6.45) is 3.28. The van der Waals surface area contributed by atoms with Crippen LogP contribution in [0.5, 0.6) is 11.5 Å². The second-order valence-corrected chi connectivity index (χ2v) is 5.77. The maximum atomic E-state index is 12.6. The summed E-state index contributed by atoms with van der Waals surface area (Å²) < 4.78 is 40.8. The number of benzene rings is 1. The molecule has 1 atom stereocenters. The lowest BCUT2D eigenvalue weighted by Crippen LogP contribution is -2.18. The van der Waals surface area contributed by atoms with E-state index in [1.165, 1.54) is 6.07 Å². The highest BCUT2D eigenvalue weighted by Crippen LogP contribution is 2.36. The molecule has 0 bridgehead atoms. The molecule has 0 radical (unpaired) electrons. The van der Waals surface area contributed by atoms with Crippen molar-refractivity contribution in [3.05, 3.63) is 30.0 Å². The van der Waals surface area contributed by atoms with Crippen LogP contribution in [-0.2, 0) is 9.53 Å². The first-order chi connectivity index (χ1) is 11.5. The van der Waals surface area contributed by atoms with Crippen LogP contribution in [-0.4, -0.2) is 38.8 Å². The highest BCUT2D eigenvalue weighted by atomic mass is 19.3. The fraction of sp³-hybridized carbons (Fsp3) is 0.471. The van der Waals surface area contributed by atoms with Crippen LogP contribution < -0.4 is 14.4 Å². The van der Waals surface area contributed by atoms with E-state index in [4.69, 9.17) is 9.47 Å². The third-order valence-corrected chi connectivity index (χ3v) is 4.10. The van der Waals surface area contributed by atoms with Crippen molar-refractivity contribution in [2.75, 3.05) is 25.2 Å². The van der Waals surface area contributed by atoms with Gasteiger partial charge in [0.25, 0.3) is 0 Å². The molecule has 0 aromatic heterocycles. The van der Waals surface area contributed by atoms with Crippen molar-refractivity contribution in [2.45, 2.75) is 32.0 Å². The minimum absolute atomic E-state index is 0.00877. The van der Waals surface area contributed by atoms with Gasteiger partial charge in [0.15, 0.2) is 17.3 Å². The zero-order chi connectivity index (χ0) is 17.1. The Morgan fingerprint density at radius 1 is 1.29 bits per heavy atom. The molecule has 3 rings (SSSR count). The number of nitrogens with zero attached hydrogens (tertiary/aromatic N) is 1. The van der Waals surface area contributed by atoms with Gasteiger partial charge in [0.05, 0.1) is 13.2 Å². The quantitative estimate of drug-likeness (QED) is 0.797. The van der Waals surface area contributed by atoms with Crippen LogP contribution in [0.2, 0.25) is 0 Å². The highest BCUT2D eigenvalue weighted by Gasteiger charge is 2.22. The van der Waals surface area contributed by atoms with E-state index in [9.17, 15) is 13.6 Å². The lowest BCUT2D eigenvalue weighted by atomic mass is 10.2. The SMILES string of the molecule is CN(C1=CC(=O)CC1)c1ccc(OC(F)F)c(O[C@@H]2CCOC2)c1. The Bertz CT molecular complexity index is 641. The van der Waals surface area contributed by atoms with Gasteiger partial charge in [-0.25, -0.2) is 0 Å². The Kier molecular flexibility index (Phi) is 4.99. The summed E-state index contributed by atoms with van der Waals surface area (Å²) in [5.74, 6) is 0.333. The van der Waals surface area contributed by atoms with Gasteiger partial charge in [-0.1, -0.05) is 0 Å². The average Bonchev–Trinajstić information content (AvgIpc) is 3.19. The second-order valence-electron chi connectivity index (χ2n) is 5.77. The molecule has 1 aliphatic carbocycles. The average molecular weight is 339 g/mol. The van der Waals surface area contributed by atoms with Crippen LogP contribution in [0, 0.1) is 0 Å². The first kappa shape index (κ1) is 16.7. The molecule has 0 N–H and O–H groups in total. The molecule has 24 heavy (non-hydrogen) atoms. The molecular weight excluding hydrogens is 320 g/mol. The van der Waals surface area contributed by atoms with Gasteiger partial charge in [0.2, 0.25) is 0 Å². The Balaban J connectivity index is 1.84. The molecule has 0 amide bonds. The Morgan fingerprint density at radius 3 is 2.75 bits per heavy atom. The summed E-state index contributed by atoms with van der Waals surface area (Å²) in [4.78, 5) is 13.3. The first-order valence-electron chi connectivity index (χ1n) is 7.83. The number of carbonyl (C=O) groups excluding carboxylic acids is 1. The number of hydrogen-bond acceptors (Lipinski definition) is 5. The van der Waals surface area contributed by atoms with Crippen molar-refractivity contribution in [3.8, 4) is 11.5 Å². The summed E-state index contributed by atoms with van der Waals surface area (Å²) in [7, 11) is 1.83. The molecular formula is C17H19F2NO4. The Labute approximate surface area is 138 Å². The molecule has 1 aromatic carbocycles. The number of rotatable bonds is 6. The van der Waals surface area contributed by atoms with E-state index >= 15 is 0 Å². The second kappa shape index (κ2) is 7.17. The fourth-order valence-corrected chi connectivity index (χ4v) is 2.79. The van der Waals surface area contributed by atoms with Gasteiger partial charge in [-0.05, 0) is 18.6 Å². The fourth-order valence-electron chi connectivity index (χ4n) is 2.79. The number of alkyl halides is 2. The van der Waals surface area contributed by atoms with E-state index in [0.717, 1.165) is 11.4 Å². The van der Waals surface area contributed by atoms with Crippen LogP contribution in [0.3, 0.4) is 0 Å². The lowest BCUT2D eigenvalue weighted by molar-refractivity contribution is -0.114. The first-order valence-corrected chi connectivity index (χ1v) is 7.83. The third kappa shape index (κ3) is 3.84.